The molecule has 0 atom stereocenters. The molecule has 1 aromatic rings. The fraction of sp³-hybridized carbons (Fsp3) is 0.444. The summed E-state index contributed by atoms with van der Waals surface area (Å²) < 4.78 is 64.7. The van der Waals surface area contributed by atoms with Crippen LogP contribution in [0.3, 0.4) is 0 Å². The maximum atomic E-state index is 12.4. The maximum absolute atomic E-state index is 12.4. The molecular weight excluding hydrogens is 275 g/mol. The van der Waals surface area contributed by atoms with Crippen molar-refractivity contribution < 1.29 is 31.4 Å². The predicted octanol–water partition coefficient (Wildman–Crippen LogP) is 0.875. The summed E-state index contributed by atoms with van der Waals surface area (Å²) in [5, 5.41) is 8.52. The van der Waals surface area contributed by atoms with Crippen molar-refractivity contribution in [1.29, 1.82) is 0 Å². The molecule has 0 fully saturated rings. The van der Waals surface area contributed by atoms with Crippen molar-refractivity contribution in [2.75, 3.05) is 19.5 Å². The van der Waals surface area contributed by atoms with Crippen LogP contribution in [0.1, 0.15) is 5.56 Å². The zero-order valence-corrected chi connectivity index (χ0v) is 10.0. The highest BCUT2D eigenvalue weighted by Crippen LogP contribution is 2.32. The number of hydrogen-bond acceptors (Lipinski definition) is 5. The first-order valence-electron chi connectivity index (χ1n) is 4.67. The standard InChI is InChI=1S/C9H10F3NO4S/c1-18(15,16)7-4-6(9(10,11)12)5-13-8(7)17-3-2-14/h4-5,14H,2-3H2,1H3. The van der Waals surface area contributed by atoms with Crippen molar-refractivity contribution >= 4 is 9.84 Å². The van der Waals surface area contributed by atoms with Crippen LogP contribution >= 0.6 is 0 Å². The summed E-state index contributed by atoms with van der Waals surface area (Å²) in [7, 11) is -3.92. The van der Waals surface area contributed by atoms with E-state index in [1.807, 2.05) is 0 Å². The average Bonchev–Trinajstić information content (AvgIpc) is 2.23. The summed E-state index contributed by atoms with van der Waals surface area (Å²) in [4.78, 5) is 2.66. The maximum Gasteiger partial charge on any atom is 0.417 e. The van der Waals surface area contributed by atoms with E-state index in [1.165, 1.54) is 0 Å². The number of rotatable bonds is 4. The first kappa shape index (κ1) is 14.7. The number of aromatic nitrogens is 1. The largest absolute Gasteiger partial charge is 0.474 e. The van der Waals surface area contributed by atoms with Crippen LogP contribution in [0.15, 0.2) is 17.2 Å². The fourth-order valence-corrected chi connectivity index (χ4v) is 1.87. The second-order valence-electron chi connectivity index (χ2n) is 3.37. The Morgan fingerprint density at radius 3 is 2.50 bits per heavy atom. The van der Waals surface area contributed by atoms with Gasteiger partial charge in [0.05, 0.1) is 12.2 Å². The Labute approximate surface area is 101 Å². The topological polar surface area (TPSA) is 76.5 Å². The smallest absolute Gasteiger partial charge is 0.417 e. The molecule has 0 spiro atoms. The van der Waals surface area contributed by atoms with Gasteiger partial charge in [-0.05, 0) is 6.07 Å². The van der Waals surface area contributed by atoms with E-state index >= 15 is 0 Å². The fourth-order valence-electron chi connectivity index (χ4n) is 1.10. The van der Waals surface area contributed by atoms with Crippen molar-refractivity contribution in [3.05, 3.63) is 17.8 Å². The third kappa shape index (κ3) is 3.57. The molecule has 0 radical (unpaired) electrons. The Hall–Kier alpha value is -1.35. The molecule has 0 unspecified atom stereocenters. The van der Waals surface area contributed by atoms with Crippen LogP contribution in [-0.4, -0.2) is 38.0 Å². The molecule has 0 aliphatic heterocycles. The minimum Gasteiger partial charge on any atom is -0.474 e. The van der Waals surface area contributed by atoms with Crippen molar-refractivity contribution in [3.8, 4) is 5.88 Å². The van der Waals surface area contributed by atoms with E-state index in [2.05, 4.69) is 4.98 Å². The lowest BCUT2D eigenvalue weighted by molar-refractivity contribution is -0.138. The van der Waals surface area contributed by atoms with E-state index in [9.17, 15) is 21.6 Å². The average molecular weight is 285 g/mol. The van der Waals surface area contributed by atoms with Gasteiger partial charge in [-0.3, -0.25) is 0 Å². The van der Waals surface area contributed by atoms with Gasteiger partial charge in [-0.2, -0.15) is 13.2 Å². The van der Waals surface area contributed by atoms with Gasteiger partial charge < -0.3 is 9.84 Å². The van der Waals surface area contributed by atoms with Crippen LogP contribution in [0.5, 0.6) is 5.88 Å². The highest BCUT2D eigenvalue weighted by atomic mass is 32.2. The summed E-state index contributed by atoms with van der Waals surface area (Å²) in [6, 6.07) is 0.453. The number of alkyl halides is 3. The second kappa shape index (κ2) is 5.11. The monoisotopic (exact) mass is 285 g/mol. The Balaban J connectivity index is 3.30. The number of nitrogens with zero attached hydrogens (tertiary/aromatic N) is 1. The molecule has 0 aromatic carbocycles. The Morgan fingerprint density at radius 1 is 1.44 bits per heavy atom. The van der Waals surface area contributed by atoms with Gasteiger partial charge in [0, 0.05) is 12.5 Å². The van der Waals surface area contributed by atoms with Crippen molar-refractivity contribution in [1.82, 2.24) is 4.98 Å². The zero-order valence-electron chi connectivity index (χ0n) is 9.23. The van der Waals surface area contributed by atoms with Crippen LogP contribution in [0.25, 0.3) is 0 Å². The van der Waals surface area contributed by atoms with Gasteiger partial charge >= 0.3 is 6.18 Å². The molecule has 0 aliphatic carbocycles. The second-order valence-corrected chi connectivity index (χ2v) is 5.35. The summed E-state index contributed by atoms with van der Waals surface area (Å²) in [5.41, 5.74) is -1.18. The molecular formula is C9H10F3NO4S. The lowest BCUT2D eigenvalue weighted by atomic mass is 10.3. The highest BCUT2D eigenvalue weighted by Gasteiger charge is 2.33. The number of aliphatic hydroxyl groups is 1. The SMILES string of the molecule is CS(=O)(=O)c1cc(C(F)(F)F)cnc1OCCO. The van der Waals surface area contributed by atoms with Gasteiger partial charge in [-0.15, -0.1) is 0 Å². The number of ether oxygens (including phenoxy) is 1. The molecule has 0 saturated heterocycles. The van der Waals surface area contributed by atoms with Gasteiger partial charge in [-0.1, -0.05) is 0 Å². The third-order valence-electron chi connectivity index (χ3n) is 1.88. The highest BCUT2D eigenvalue weighted by molar-refractivity contribution is 7.90. The molecule has 18 heavy (non-hydrogen) atoms. The number of halogens is 3. The lowest BCUT2D eigenvalue weighted by Gasteiger charge is -2.11. The molecule has 0 bridgehead atoms. The molecule has 102 valence electrons. The molecule has 1 heterocycles. The summed E-state index contributed by atoms with van der Waals surface area (Å²) in [5.74, 6) is -0.459. The first-order chi connectivity index (χ1) is 8.16. The Kier molecular flexibility index (Phi) is 4.17. The number of aliphatic hydroxyl groups excluding tert-OH is 1. The number of sulfone groups is 1. The van der Waals surface area contributed by atoms with Gasteiger partial charge in [0.1, 0.15) is 11.5 Å². The van der Waals surface area contributed by atoms with E-state index in [0.29, 0.717) is 12.3 Å². The molecule has 9 heteroatoms. The minimum atomic E-state index is -4.69. The van der Waals surface area contributed by atoms with E-state index in [1.54, 1.807) is 0 Å². The Bertz CT molecular complexity index is 527. The molecule has 1 N–H and O–H groups in total. The molecule has 1 aromatic heterocycles. The Morgan fingerprint density at radius 2 is 2.06 bits per heavy atom. The molecule has 0 amide bonds. The molecule has 5 nitrogen and oxygen atoms in total. The van der Waals surface area contributed by atoms with Crippen molar-refractivity contribution in [2.24, 2.45) is 0 Å². The van der Waals surface area contributed by atoms with Crippen LogP contribution in [-0.2, 0) is 16.0 Å². The van der Waals surface area contributed by atoms with Crippen LogP contribution in [0.4, 0.5) is 13.2 Å². The molecule has 0 saturated carbocycles. The van der Waals surface area contributed by atoms with Gasteiger partial charge in [0.25, 0.3) is 0 Å². The van der Waals surface area contributed by atoms with Crippen LogP contribution < -0.4 is 4.74 Å². The van der Waals surface area contributed by atoms with Crippen molar-refractivity contribution in [2.45, 2.75) is 11.1 Å². The predicted molar refractivity (Wildman–Crippen MR) is 54.9 cm³/mol. The lowest BCUT2D eigenvalue weighted by Crippen LogP contribution is -2.12. The third-order valence-corrected chi connectivity index (χ3v) is 2.97. The summed E-state index contributed by atoms with van der Waals surface area (Å²) >= 11 is 0. The molecule has 0 aliphatic rings. The quantitative estimate of drug-likeness (QED) is 0.888. The van der Waals surface area contributed by atoms with E-state index in [0.717, 1.165) is 6.26 Å². The first-order valence-corrected chi connectivity index (χ1v) is 6.56. The number of hydrogen-bond donors (Lipinski definition) is 1. The normalized spacial score (nSPS) is 12.5. The summed E-state index contributed by atoms with van der Waals surface area (Å²) in [6.07, 6.45) is -3.47. The van der Waals surface area contributed by atoms with E-state index < -0.39 is 39.0 Å². The summed E-state index contributed by atoms with van der Waals surface area (Å²) in [6.45, 7) is -0.674. The van der Waals surface area contributed by atoms with Crippen LogP contribution in [0, 0.1) is 0 Å². The molecule has 1 rings (SSSR count). The van der Waals surface area contributed by atoms with Gasteiger partial charge in [0.15, 0.2) is 9.84 Å². The van der Waals surface area contributed by atoms with Gasteiger partial charge in [-0.25, -0.2) is 13.4 Å². The van der Waals surface area contributed by atoms with Crippen molar-refractivity contribution in [3.63, 3.8) is 0 Å². The van der Waals surface area contributed by atoms with Gasteiger partial charge in [0.2, 0.25) is 5.88 Å². The van der Waals surface area contributed by atoms with E-state index in [4.69, 9.17) is 9.84 Å². The van der Waals surface area contributed by atoms with Crippen LogP contribution in [0.2, 0.25) is 0 Å². The minimum absolute atomic E-state index is 0.263. The van der Waals surface area contributed by atoms with E-state index in [-0.39, 0.29) is 6.61 Å². The zero-order chi connectivity index (χ0) is 14.0. The number of pyridine rings is 1.